The van der Waals surface area contributed by atoms with Crippen LogP contribution >= 0.6 is 0 Å². The Kier molecular flexibility index (Phi) is 2.14. The van der Waals surface area contributed by atoms with Crippen molar-refractivity contribution in [2.24, 2.45) is 5.41 Å². The fraction of sp³-hybridized carbons (Fsp3) is 1.00. The second kappa shape index (κ2) is 3.11. The summed E-state index contributed by atoms with van der Waals surface area (Å²) in [7, 11) is 0. The fourth-order valence-corrected chi connectivity index (χ4v) is 1.94. The van der Waals surface area contributed by atoms with Gasteiger partial charge in [-0.15, -0.1) is 0 Å². The van der Waals surface area contributed by atoms with Gasteiger partial charge in [0, 0.05) is 6.61 Å². The monoisotopic (exact) mass is 156 g/mol. The molecular formula is C9H16O2. The van der Waals surface area contributed by atoms with Crippen LogP contribution in [0.5, 0.6) is 0 Å². The molecule has 0 radical (unpaired) electrons. The summed E-state index contributed by atoms with van der Waals surface area (Å²) in [5.74, 6) is 0. The van der Waals surface area contributed by atoms with Gasteiger partial charge in [0.1, 0.15) is 0 Å². The molecule has 1 spiro atoms. The lowest BCUT2D eigenvalue weighted by molar-refractivity contribution is -0.0723. The number of hydrogen-bond donors (Lipinski definition) is 0. The topological polar surface area (TPSA) is 18.5 Å². The largest absolute Gasteiger partial charge is 0.379 e. The van der Waals surface area contributed by atoms with Gasteiger partial charge in [0.25, 0.3) is 0 Å². The second-order valence-electron chi connectivity index (χ2n) is 3.77. The number of ether oxygens (including phenoxy) is 2. The zero-order chi connectivity index (χ0) is 7.57. The molecule has 0 aromatic rings. The molecule has 1 saturated carbocycles. The first-order valence-electron chi connectivity index (χ1n) is 4.57. The highest BCUT2D eigenvalue weighted by molar-refractivity contribution is 4.87. The molecule has 2 heteroatoms. The molecule has 0 N–H and O–H groups in total. The van der Waals surface area contributed by atoms with Crippen LogP contribution in [0, 0.1) is 5.41 Å². The third-order valence-corrected chi connectivity index (χ3v) is 2.97. The molecule has 0 aromatic heterocycles. The van der Waals surface area contributed by atoms with Crippen LogP contribution in [-0.4, -0.2) is 26.4 Å². The van der Waals surface area contributed by atoms with Gasteiger partial charge in [-0.1, -0.05) is 6.42 Å². The van der Waals surface area contributed by atoms with Crippen molar-refractivity contribution in [1.29, 1.82) is 0 Å². The molecule has 1 heterocycles. The van der Waals surface area contributed by atoms with Crippen LogP contribution in [0.25, 0.3) is 0 Å². The van der Waals surface area contributed by atoms with Crippen molar-refractivity contribution in [3.05, 3.63) is 0 Å². The quantitative estimate of drug-likeness (QED) is 0.530. The van der Waals surface area contributed by atoms with E-state index in [0.717, 1.165) is 26.4 Å². The van der Waals surface area contributed by atoms with Crippen molar-refractivity contribution in [1.82, 2.24) is 0 Å². The van der Waals surface area contributed by atoms with E-state index in [0.29, 0.717) is 5.41 Å². The maximum Gasteiger partial charge on any atom is 0.0700 e. The Hall–Kier alpha value is -0.0800. The predicted molar refractivity (Wildman–Crippen MR) is 42.5 cm³/mol. The van der Waals surface area contributed by atoms with Crippen molar-refractivity contribution >= 4 is 0 Å². The van der Waals surface area contributed by atoms with E-state index in [9.17, 15) is 0 Å². The summed E-state index contributed by atoms with van der Waals surface area (Å²) >= 11 is 0. The molecule has 0 bridgehead atoms. The Morgan fingerprint density at radius 2 is 1.64 bits per heavy atom. The van der Waals surface area contributed by atoms with Crippen LogP contribution in [0.3, 0.4) is 0 Å². The Labute approximate surface area is 67.9 Å². The molecule has 0 unspecified atom stereocenters. The summed E-state index contributed by atoms with van der Waals surface area (Å²) in [5, 5.41) is 0. The van der Waals surface area contributed by atoms with E-state index in [1.165, 1.54) is 25.7 Å². The first kappa shape index (κ1) is 7.56. The Bertz CT molecular complexity index is 120. The van der Waals surface area contributed by atoms with E-state index in [1.54, 1.807) is 0 Å². The minimum atomic E-state index is 0.528. The van der Waals surface area contributed by atoms with E-state index in [2.05, 4.69) is 0 Å². The van der Waals surface area contributed by atoms with E-state index < -0.39 is 0 Å². The Morgan fingerprint density at radius 1 is 0.818 bits per heavy atom. The average Bonchev–Trinajstić information content (AvgIpc) is 1.82. The van der Waals surface area contributed by atoms with Crippen molar-refractivity contribution in [2.45, 2.75) is 25.7 Å². The SMILES string of the molecule is C1CC2(C1)CCOCCOC2. The van der Waals surface area contributed by atoms with Crippen LogP contribution in [0.1, 0.15) is 25.7 Å². The molecular weight excluding hydrogens is 140 g/mol. The lowest BCUT2D eigenvalue weighted by Crippen LogP contribution is -2.37. The lowest BCUT2D eigenvalue weighted by Gasteiger charge is -2.42. The molecule has 2 fully saturated rings. The van der Waals surface area contributed by atoms with Gasteiger partial charge in [-0.2, -0.15) is 0 Å². The zero-order valence-electron chi connectivity index (χ0n) is 6.97. The van der Waals surface area contributed by atoms with Crippen molar-refractivity contribution in [2.75, 3.05) is 26.4 Å². The van der Waals surface area contributed by atoms with Crippen molar-refractivity contribution in [3.8, 4) is 0 Å². The molecule has 11 heavy (non-hydrogen) atoms. The van der Waals surface area contributed by atoms with E-state index in [4.69, 9.17) is 9.47 Å². The smallest absolute Gasteiger partial charge is 0.0700 e. The van der Waals surface area contributed by atoms with Crippen LogP contribution < -0.4 is 0 Å². The molecule has 0 aromatic carbocycles. The van der Waals surface area contributed by atoms with E-state index in [1.807, 2.05) is 0 Å². The van der Waals surface area contributed by atoms with Gasteiger partial charge in [-0.3, -0.25) is 0 Å². The average molecular weight is 156 g/mol. The molecule has 1 aliphatic carbocycles. The second-order valence-corrected chi connectivity index (χ2v) is 3.77. The first-order valence-corrected chi connectivity index (χ1v) is 4.57. The fourth-order valence-electron chi connectivity index (χ4n) is 1.94. The highest BCUT2D eigenvalue weighted by atomic mass is 16.5. The molecule has 0 atom stereocenters. The minimum Gasteiger partial charge on any atom is -0.379 e. The highest BCUT2D eigenvalue weighted by Crippen LogP contribution is 2.44. The highest BCUT2D eigenvalue weighted by Gasteiger charge is 2.37. The van der Waals surface area contributed by atoms with Crippen molar-refractivity contribution < 1.29 is 9.47 Å². The molecule has 1 saturated heterocycles. The summed E-state index contributed by atoms with van der Waals surface area (Å²) in [4.78, 5) is 0. The van der Waals surface area contributed by atoms with E-state index >= 15 is 0 Å². The molecule has 2 rings (SSSR count). The first-order chi connectivity index (χ1) is 5.41. The maximum absolute atomic E-state index is 5.51. The third kappa shape index (κ3) is 1.57. The minimum absolute atomic E-state index is 0.528. The van der Waals surface area contributed by atoms with Gasteiger partial charge >= 0.3 is 0 Å². The van der Waals surface area contributed by atoms with Gasteiger partial charge in [-0.05, 0) is 24.7 Å². The van der Waals surface area contributed by atoms with Gasteiger partial charge in [0.05, 0.1) is 19.8 Å². The number of rotatable bonds is 0. The van der Waals surface area contributed by atoms with Gasteiger partial charge < -0.3 is 9.47 Å². The Balaban J connectivity index is 1.86. The Morgan fingerprint density at radius 3 is 2.36 bits per heavy atom. The molecule has 1 aliphatic heterocycles. The maximum atomic E-state index is 5.51. The lowest BCUT2D eigenvalue weighted by atomic mass is 9.67. The zero-order valence-corrected chi connectivity index (χ0v) is 6.97. The predicted octanol–water partition coefficient (Wildman–Crippen LogP) is 1.59. The summed E-state index contributed by atoms with van der Waals surface area (Å²) in [6.45, 7) is 3.51. The summed E-state index contributed by atoms with van der Waals surface area (Å²) in [6, 6.07) is 0. The summed E-state index contributed by atoms with van der Waals surface area (Å²) in [6.07, 6.45) is 5.32. The molecule has 64 valence electrons. The normalized spacial score (nSPS) is 30.5. The van der Waals surface area contributed by atoms with Crippen molar-refractivity contribution in [3.63, 3.8) is 0 Å². The van der Waals surface area contributed by atoms with Crippen LogP contribution in [-0.2, 0) is 9.47 Å². The van der Waals surface area contributed by atoms with Crippen LogP contribution in [0.4, 0.5) is 0 Å². The van der Waals surface area contributed by atoms with Crippen LogP contribution in [0.2, 0.25) is 0 Å². The molecule has 2 nitrogen and oxygen atoms in total. The summed E-state index contributed by atoms with van der Waals surface area (Å²) in [5.41, 5.74) is 0.528. The standard InChI is InChI=1S/C9H16O2/c1-2-9(3-1)4-5-10-6-7-11-8-9/h1-8H2. The van der Waals surface area contributed by atoms with Crippen LogP contribution in [0.15, 0.2) is 0 Å². The number of hydrogen-bond acceptors (Lipinski definition) is 2. The van der Waals surface area contributed by atoms with Gasteiger partial charge in [0.2, 0.25) is 0 Å². The van der Waals surface area contributed by atoms with Gasteiger partial charge in [-0.25, -0.2) is 0 Å². The summed E-state index contributed by atoms with van der Waals surface area (Å²) < 4.78 is 10.9. The molecule has 2 aliphatic rings. The van der Waals surface area contributed by atoms with Gasteiger partial charge in [0.15, 0.2) is 0 Å². The molecule has 0 amide bonds. The van der Waals surface area contributed by atoms with E-state index in [-0.39, 0.29) is 0 Å². The third-order valence-electron chi connectivity index (χ3n) is 2.97.